The number of aromatic nitrogens is 2. The minimum absolute atomic E-state index is 0.0716. The van der Waals surface area contributed by atoms with Crippen molar-refractivity contribution in [3.63, 3.8) is 0 Å². The third-order valence-electron chi connectivity index (χ3n) is 1.06. The van der Waals surface area contributed by atoms with Crippen LogP contribution in [0.15, 0.2) is 12.3 Å². The van der Waals surface area contributed by atoms with Gasteiger partial charge in [-0.2, -0.15) is 13.2 Å². The van der Waals surface area contributed by atoms with Crippen LogP contribution in [0, 0.1) is 0 Å². The third-order valence-corrected chi connectivity index (χ3v) is 1.63. The Balaban J connectivity index is 2.92. The van der Waals surface area contributed by atoms with Crippen LogP contribution in [0.1, 0.15) is 5.82 Å². The van der Waals surface area contributed by atoms with Crippen molar-refractivity contribution in [2.24, 2.45) is 0 Å². The van der Waals surface area contributed by atoms with Crippen LogP contribution in [0.5, 0.6) is 0 Å². The minimum Gasteiger partial charge on any atom is -0.305 e. The fourth-order valence-corrected chi connectivity index (χ4v) is 1.09. The largest absolute Gasteiger partial charge is 0.451 e. The molecule has 3 nitrogen and oxygen atoms in total. The molecule has 1 aromatic heterocycles. The molecule has 0 saturated carbocycles. The van der Waals surface area contributed by atoms with Crippen LogP contribution >= 0.6 is 22.6 Å². The van der Waals surface area contributed by atoms with Crippen molar-refractivity contribution in [3.05, 3.63) is 18.1 Å². The Labute approximate surface area is 81.1 Å². The molecule has 0 aliphatic carbocycles. The van der Waals surface area contributed by atoms with Crippen molar-refractivity contribution in [1.29, 1.82) is 0 Å². The van der Waals surface area contributed by atoms with E-state index >= 15 is 0 Å². The molecule has 1 aromatic rings. The van der Waals surface area contributed by atoms with E-state index in [0.29, 0.717) is 0 Å². The summed E-state index contributed by atoms with van der Waals surface area (Å²) in [5.41, 5.74) is 0. The van der Waals surface area contributed by atoms with Gasteiger partial charge in [-0.15, -0.1) is 0 Å². The number of alkyl halides is 3. The van der Waals surface area contributed by atoms with E-state index in [1.54, 1.807) is 0 Å². The SMILES string of the molecule is FC(F)(F)c1nccc(NSS)n1. The summed E-state index contributed by atoms with van der Waals surface area (Å²) in [7, 11) is 0.861. The highest BCUT2D eigenvalue weighted by atomic mass is 33.1. The van der Waals surface area contributed by atoms with Crippen LogP contribution < -0.4 is 4.72 Å². The number of nitrogens with one attached hydrogen (secondary N) is 1. The number of nitrogens with zero attached hydrogens (tertiary/aromatic N) is 2. The molecule has 0 unspecified atom stereocenters. The maximum absolute atomic E-state index is 12.0. The predicted octanol–water partition coefficient (Wildman–Crippen LogP) is 2.40. The molecule has 0 saturated heterocycles. The van der Waals surface area contributed by atoms with E-state index < -0.39 is 12.0 Å². The van der Waals surface area contributed by atoms with Crippen LogP contribution in [0.3, 0.4) is 0 Å². The molecule has 0 aromatic carbocycles. The molecule has 72 valence electrons. The highest BCUT2D eigenvalue weighted by molar-refractivity contribution is 8.69. The van der Waals surface area contributed by atoms with Gasteiger partial charge in [0.2, 0.25) is 5.82 Å². The molecule has 1 heterocycles. The van der Waals surface area contributed by atoms with Gasteiger partial charge in [-0.1, -0.05) is 11.7 Å². The van der Waals surface area contributed by atoms with E-state index in [4.69, 9.17) is 0 Å². The summed E-state index contributed by atoms with van der Waals surface area (Å²) in [6, 6.07) is 1.32. The van der Waals surface area contributed by atoms with Gasteiger partial charge in [0.15, 0.2) is 0 Å². The Morgan fingerprint density at radius 3 is 2.69 bits per heavy atom. The molecule has 0 atom stereocenters. The van der Waals surface area contributed by atoms with Gasteiger partial charge in [0.1, 0.15) is 5.82 Å². The molecule has 8 heteroatoms. The Morgan fingerprint density at radius 1 is 1.46 bits per heavy atom. The molecule has 0 radical (unpaired) electrons. The summed E-state index contributed by atoms with van der Waals surface area (Å²) in [5.74, 6) is -1.10. The van der Waals surface area contributed by atoms with E-state index in [0.717, 1.165) is 17.2 Å². The smallest absolute Gasteiger partial charge is 0.305 e. The average Bonchev–Trinajstić information content (AvgIpc) is 2.04. The summed E-state index contributed by atoms with van der Waals surface area (Å²) in [6.07, 6.45) is -3.49. The molecular formula is C5H4F3N3S2. The van der Waals surface area contributed by atoms with E-state index in [1.807, 2.05) is 0 Å². The van der Waals surface area contributed by atoms with Crippen molar-refractivity contribution in [2.75, 3.05) is 4.72 Å². The number of halogens is 3. The quantitative estimate of drug-likeness (QED) is 0.462. The van der Waals surface area contributed by atoms with Gasteiger partial charge < -0.3 is 4.72 Å². The van der Waals surface area contributed by atoms with Crippen LogP contribution in [0.25, 0.3) is 0 Å². The van der Waals surface area contributed by atoms with Crippen LogP contribution in [-0.4, -0.2) is 9.97 Å². The summed E-state index contributed by atoms with van der Waals surface area (Å²) >= 11 is 3.70. The lowest BCUT2D eigenvalue weighted by atomic mass is 10.5. The van der Waals surface area contributed by atoms with E-state index in [2.05, 4.69) is 26.4 Å². The second kappa shape index (κ2) is 4.05. The van der Waals surface area contributed by atoms with Gasteiger partial charge in [-0.25, -0.2) is 9.97 Å². The van der Waals surface area contributed by atoms with E-state index in [-0.39, 0.29) is 5.82 Å². The number of hydrogen-bond donors (Lipinski definition) is 2. The lowest BCUT2D eigenvalue weighted by molar-refractivity contribution is -0.144. The lowest BCUT2D eigenvalue weighted by Crippen LogP contribution is -2.11. The van der Waals surface area contributed by atoms with Crippen molar-refractivity contribution < 1.29 is 13.2 Å². The predicted molar refractivity (Wildman–Crippen MR) is 47.2 cm³/mol. The van der Waals surface area contributed by atoms with Crippen molar-refractivity contribution in [1.82, 2.24) is 9.97 Å². The first-order valence-electron chi connectivity index (χ1n) is 3.00. The minimum atomic E-state index is -4.51. The van der Waals surface area contributed by atoms with Gasteiger partial charge in [-0.3, -0.25) is 0 Å². The number of thiol groups is 1. The lowest BCUT2D eigenvalue weighted by Gasteiger charge is -2.05. The summed E-state index contributed by atoms with van der Waals surface area (Å²) in [6.45, 7) is 0. The number of hydrogen-bond acceptors (Lipinski definition) is 5. The molecule has 0 spiro atoms. The average molecular weight is 227 g/mol. The zero-order valence-corrected chi connectivity index (χ0v) is 7.75. The Kier molecular flexibility index (Phi) is 3.26. The van der Waals surface area contributed by atoms with E-state index in [9.17, 15) is 13.2 Å². The summed E-state index contributed by atoms with van der Waals surface area (Å²) in [4.78, 5) is 6.30. The highest BCUT2D eigenvalue weighted by Gasteiger charge is 2.34. The van der Waals surface area contributed by atoms with Gasteiger partial charge in [-0.05, 0) is 6.07 Å². The molecule has 0 aliphatic heterocycles. The van der Waals surface area contributed by atoms with Crippen LogP contribution in [0.2, 0.25) is 0 Å². The topological polar surface area (TPSA) is 37.8 Å². The van der Waals surface area contributed by atoms with Gasteiger partial charge in [0.25, 0.3) is 0 Å². The second-order valence-electron chi connectivity index (χ2n) is 1.96. The molecule has 0 aliphatic rings. The molecule has 0 fully saturated rings. The monoisotopic (exact) mass is 227 g/mol. The Bertz CT molecular complexity index is 291. The molecule has 0 amide bonds. The van der Waals surface area contributed by atoms with Gasteiger partial charge in [0.05, 0.1) is 0 Å². The molecule has 0 bridgehead atoms. The summed E-state index contributed by atoms with van der Waals surface area (Å²) in [5, 5.41) is 0. The first-order valence-corrected chi connectivity index (χ1v) is 4.87. The maximum Gasteiger partial charge on any atom is 0.451 e. The van der Waals surface area contributed by atoms with Crippen LogP contribution in [0.4, 0.5) is 19.0 Å². The molecule has 1 N–H and O–H groups in total. The van der Waals surface area contributed by atoms with Gasteiger partial charge >= 0.3 is 6.18 Å². The molecule has 13 heavy (non-hydrogen) atoms. The van der Waals surface area contributed by atoms with Crippen molar-refractivity contribution in [3.8, 4) is 0 Å². The van der Waals surface area contributed by atoms with Crippen LogP contribution in [-0.2, 0) is 6.18 Å². The Hall–Kier alpha value is -0.630. The summed E-state index contributed by atoms with van der Waals surface area (Å²) < 4.78 is 38.5. The highest BCUT2D eigenvalue weighted by Crippen LogP contribution is 2.26. The zero-order valence-electron chi connectivity index (χ0n) is 6.04. The second-order valence-corrected chi connectivity index (χ2v) is 2.89. The van der Waals surface area contributed by atoms with Crippen molar-refractivity contribution in [2.45, 2.75) is 6.18 Å². The standard InChI is InChI=1S/C5H4F3N3S2/c6-5(7,8)4-9-2-1-3(10-4)11-13-12/h1-2,12H,(H,9,10,11). The van der Waals surface area contributed by atoms with Crippen molar-refractivity contribution >= 4 is 28.5 Å². The van der Waals surface area contributed by atoms with E-state index in [1.165, 1.54) is 6.07 Å². The third kappa shape index (κ3) is 2.96. The normalized spacial score (nSPS) is 11.4. The zero-order chi connectivity index (χ0) is 9.90. The Morgan fingerprint density at radius 2 is 2.15 bits per heavy atom. The fourth-order valence-electron chi connectivity index (χ4n) is 0.599. The number of rotatable bonds is 2. The number of anilines is 1. The maximum atomic E-state index is 12.0. The molecular weight excluding hydrogens is 223 g/mol. The first kappa shape index (κ1) is 10.5. The molecule has 1 rings (SSSR count). The fraction of sp³-hybridized carbons (Fsp3) is 0.200. The first-order chi connectivity index (χ1) is 6.04. The van der Waals surface area contributed by atoms with Gasteiger partial charge in [0, 0.05) is 17.2 Å².